The average molecular weight is 324 g/mol. The molecule has 1 amide bonds. The second kappa shape index (κ2) is 5.60. The predicted molar refractivity (Wildman–Crippen MR) is 87.0 cm³/mol. The molecule has 4 rings (SSSR count). The lowest BCUT2D eigenvalue weighted by Crippen LogP contribution is -2.27. The van der Waals surface area contributed by atoms with Gasteiger partial charge in [-0.15, -0.1) is 0 Å². The van der Waals surface area contributed by atoms with E-state index in [1.807, 2.05) is 36.5 Å². The van der Waals surface area contributed by atoms with Gasteiger partial charge in [0.2, 0.25) is 0 Å². The fourth-order valence-corrected chi connectivity index (χ4v) is 3.04. The number of carbonyl (C=O) groups excluding carboxylic acids is 1. The Bertz CT molecular complexity index is 889. The maximum absolute atomic E-state index is 14.1. The molecule has 0 fully saturated rings. The van der Waals surface area contributed by atoms with E-state index in [0.29, 0.717) is 18.7 Å². The highest BCUT2D eigenvalue weighted by atomic mass is 19.1. The fraction of sp³-hybridized carbons (Fsp3) is 0.105. The summed E-state index contributed by atoms with van der Waals surface area (Å²) in [7, 11) is 0. The number of hydrogen-bond acceptors (Lipinski definition) is 2. The molecule has 24 heavy (non-hydrogen) atoms. The summed E-state index contributed by atoms with van der Waals surface area (Å²) in [6.07, 6.45) is 6.44. The lowest BCUT2D eigenvalue weighted by atomic mass is 10.1. The molecule has 2 aromatic rings. The molecule has 5 heteroatoms. The number of para-hydroxylation sites is 1. The van der Waals surface area contributed by atoms with Gasteiger partial charge in [0.1, 0.15) is 11.6 Å². The lowest BCUT2D eigenvalue weighted by molar-refractivity contribution is 0.0993. The van der Waals surface area contributed by atoms with Crippen LogP contribution in [0.1, 0.15) is 22.3 Å². The zero-order valence-corrected chi connectivity index (χ0v) is 12.7. The van der Waals surface area contributed by atoms with Crippen molar-refractivity contribution in [3.05, 3.63) is 89.4 Å². The Morgan fingerprint density at radius 3 is 2.75 bits per heavy atom. The number of halogens is 2. The van der Waals surface area contributed by atoms with Gasteiger partial charge in [0, 0.05) is 37.1 Å². The van der Waals surface area contributed by atoms with Gasteiger partial charge in [0.25, 0.3) is 5.91 Å². The highest BCUT2D eigenvalue weighted by Crippen LogP contribution is 2.33. The lowest BCUT2D eigenvalue weighted by Gasteiger charge is -2.20. The molecule has 120 valence electrons. The number of benzene rings is 2. The van der Waals surface area contributed by atoms with Gasteiger partial charge in [0.15, 0.2) is 0 Å². The first kappa shape index (κ1) is 14.6. The van der Waals surface area contributed by atoms with E-state index in [-0.39, 0.29) is 5.56 Å². The molecule has 2 heterocycles. The Balaban J connectivity index is 1.83. The highest BCUT2D eigenvalue weighted by molar-refractivity contribution is 6.08. The van der Waals surface area contributed by atoms with Crippen LogP contribution in [0.3, 0.4) is 0 Å². The van der Waals surface area contributed by atoms with Crippen LogP contribution < -0.4 is 4.90 Å². The Labute approximate surface area is 138 Å². The molecule has 0 N–H and O–H groups in total. The molecule has 2 aliphatic rings. The van der Waals surface area contributed by atoms with Crippen LogP contribution in [0.4, 0.5) is 14.5 Å². The van der Waals surface area contributed by atoms with Gasteiger partial charge in [-0.25, -0.2) is 8.78 Å². The molecule has 3 nitrogen and oxygen atoms in total. The van der Waals surface area contributed by atoms with E-state index in [9.17, 15) is 13.6 Å². The van der Waals surface area contributed by atoms with Gasteiger partial charge < -0.3 is 4.90 Å². The molecule has 0 aromatic heterocycles. The summed E-state index contributed by atoms with van der Waals surface area (Å²) in [5, 5.41) is 0. The number of fused-ring (bicyclic) bond motifs is 2. The summed E-state index contributed by atoms with van der Waals surface area (Å²) < 4.78 is 27.2. The third-order valence-corrected chi connectivity index (χ3v) is 4.23. The van der Waals surface area contributed by atoms with Gasteiger partial charge in [-0.1, -0.05) is 24.3 Å². The first-order chi connectivity index (χ1) is 11.6. The summed E-state index contributed by atoms with van der Waals surface area (Å²) >= 11 is 0. The number of allylic oxidation sites excluding steroid dienone is 1. The molecular formula is C19H14F2N2O. The monoisotopic (exact) mass is 324 g/mol. The largest absolute Gasteiger partial charge is 0.346 e. The molecule has 0 saturated carbocycles. The van der Waals surface area contributed by atoms with Crippen molar-refractivity contribution >= 4 is 11.6 Å². The van der Waals surface area contributed by atoms with E-state index in [4.69, 9.17) is 0 Å². The van der Waals surface area contributed by atoms with Crippen molar-refractivity contribution in [3.8, 4) is 0 Å². The topological polar surface area (TPSA) is 23.6 Å². The van der Waals surface area contributed by atoms with Crippen LogP contribution in [-0.2, 0) is 6.54 Å². The first-order valence-corrected chi connectivity index (χ1v) is 7.64. The summed E-state index contributed by atoms with van der Waals surface area (Å²) in [5.74, 6) is -2.08. The third kappa shape index (κ3) is 2.38. The smallest absolute Gasteiger partial charge is 0.265 e. The minimum absolute atomic E-state index is 0.151. The van der Waals surface area contributed by atoms with Crippen molar-refractivity contribution in [2.24, 2.45) is 0 Å². The molecular weight excluding hydrogens is 310 g/mol. The second-order valence-corrected chi connectivity index (χ2v) is 5.77. The Hall–Kier alpha value is -2.95. The van der Waals surface area contributed by atoms with E-state index in [1.54, 1.807) is 6.20 Å². The zero-order valence-electron chi connectivity index (χ0n) is 12.7. The standard InChI is InChI=1S/C19H14F2N2O/c20-14-7-8-16(17(21)10-14)19(24)23-12-15-5-3-9-22(15)11-13-4-1-2-6-18(13)23/h1-4,6-10,12H,5,11H2. The van der Waals surface area contributed by atoms with Gasteiger partial charge in [-0.3, -0.25) is 9.69 Å². The third-order valence-electron chi connectivity index (χ3n) is 4.23. The number of hydrogen-bond donors (Lipinski definition) is 0. The first-order valence-electron chi connectivity index (χ1n) is 7.64. The Morgan fingerprint density at radius 2 is 1.92 bits per heavy atom. The van der Waals surface area contributed by atoms with Crippen molar-refractivity contribution in [1.29, 1.82) is 0 Å². The van der Waals surface area contributed by atoms with Crippen molar-refractivity contribution < 1.29 is 13.6 Å². The molecule has 0 atom stereocenters. The molecule has 0 unspecified atom stereocenters. The van der Waals surface area contributed by atoms with Crippen molar-refractivity contribution in [2.45, 2.75) is 13.0 Å². The SMILES string of the molecule is O=C(c1ccc(F)cc1F)N1C=C2CC=CN2Cc2ccccc21. The second-order valence-electron chi connectivity index (χ2n) is 5.77. The molecule has 0 aliphatic carbocycles. The van der Waals surface area contributed by atoms with Crippen molar-refractivity contribution in [3.63, 3.8) is 0 Å². The van der Waals surface area contributed by atoms with Gasteiger partial charge in [-0.2, -0.15) is 0 Å². The minimum atomic E-state index is -0.860. The van der Waals surface area contributed by atoms with E-state index < -0.39 is 17.5 Å². The summed E-state index contributed by atoms with van der Waals surface area (Å²) in [4.78, 5) is 16.4. The molecule has 0 radical (unpaired) electrons. The fourth-order valence-electron chi connectivity index (χ4n) is 3.04. The maximum Gasteiger partial charge on any atom is 0.265 e. The molecule has 0 spiro atoms. The molecule has 2 aromatic carbocycles. The Morgan fingerprint density at radius 1 is 1.08 bits per heavy atom. The number of carbonyl (C=O) groups is 1. The Kier molecular flexibility index (Phi) is 3.41. The van der Waals surface area contributed by atoms with Crippen LogP contribution in [0.25, 0.3) is 0 Å². The predicted octanol–water partition coefficient (Wildman–Crippen LogP) is 4.19. The van der Waals surface area contributed by atoms with Gasteiger partial charge in [-0.05, 0) is 23.8 Å². The maximum atomic E-state index is 14.1. The average Bonchev–Trinajstić information content (AvgIpc) is 2.93. The van der Waals surface area contributed by atoms with Crippen molar-refractivity contribution in [1.82, 2.24) is 4.90 Å². The zero-order chi connectivity index (χ0) is 16.7. The molecule has 0 bridgehead atoms. The summed E-state index contributed by atoms with van der Waals surface area (Å²) in [6.45, 7) is 0.647. The number of rotatable bonds is 1. The number of amides is 1. The van der Waals surface area contributed by atoms with E-state index in [1.165, 1.54) is 11.0 Å². The minimum Gasteiger partial charge on any atom is -0.346 e. The van der Waals surface area contributed by atoms with Crippen molar-refractivity contribution in [2.75, 3.05) is 4.90 Å². The summed E-state index contributed by atoms with van der Waals surface area (Å²) in [6, 6.07) is 10.5. The van der Waals surface area contributed by atoms with E-state index in [0.717, 1.165) is 23.4 Å². The van der Waals surface area contributed by atoms with E-state index >= 15 is 0 Å². The highest BCUT2D eigenvalue weighted by Gasteiger charge is 2.27. The van der Waals surface area contributed by atoms with Crippen LogP contribution in [0.15, 0.2) is 66.6 Å². The van der Waals surface area contributed by atoms with Crippen LogP contribution >= 0.6 is 0 Å². The van der Waals surface area contributed by atoms with Crippen LogP contribution in [-0.4, -0.2) is 10.8 Å². The van der Waals surface area contributed by atoms with Crippen LogP contribution in [0.2, 0.25) is 0 Å². The van der Waals surface area contributed by atoms with E-state index in [2.05, 4.69) is 4.90 Å². The molecule has 0 saturated heterocycles. The van der Waals surface area contributed by atoms with Crippen LogP contribution in [0.5, 0.6) is 0 Å². The van der Waals surface area contributed by atoms with Crippen LogP contribution in [0, 0.1) is 11.6 Å². The number of nitrogens with zero attached hydrogens (tertiary/aromatic N) is 2. The normalized spacial score (nSPS) is 15.7. The van der Waals surface area contributed by atoms with Gasteiger partial charge >= 0.3 is 0 Å². The number of anilines is 1. The molecule has 2 aliphatic heterocycles. The summed E-state index contributed by atoms with van der Waals surface area (Å²) in [5.41, 5.74) is 2.48. The van der Waals surface area contributed by atoms with Gasteiger partial charge in [0.05, 0.1) is 11.3 Å². The quantitative estimate of drug-likeness (QED) is 0.785.